The van der Waals surface area contributed by atoms with Crippen molar-refractivity contribution < 1.29 is 9.59 Å². The summed E-state index contributed by atoms with van der Waals surface area (Å²) in [5.41, 5.74) is 1.98. The molecule has 2 amide bonds. The second kappa shape index (κ2) is 7.00. The average Bonchev–Trinajstić information content (AvgIpc) is 3.22. The molecule has 0 aliphatic carbocycles. The van der Waals surface area contributed by atoms with E-state index >= 15 is 0 Å². The molecule has 1 fully saturated rings. The fraction of sp³-hybridized carbons (Fsp3) is 0.182. The van der Waals surface area contributed by atoms with Gasteiger partial charge in [0.2, 0.25) is 0 Å². The summed E-state index contributed by atoms with van der Waals surface area (Å²) >= 11 is 0. The summed E-state index contributed by atoms with van der Waals surface area (Å²) < 4.78 is 0. The van der Waals surface area contributed by atoms with Gasteiger partial charge < -0.3 is 10.2 Å². The zero-order valence-corrected chi connectivity index (χ0v) is 14.4. The average molecular weight is 344 g/mol. The van der Waals surface area contributed by atoms with Crippen LogP contribution in [0.25, 0.3) is 10.8 Å². The maximum absolute atomic E-state index is 12.7. The van der Waals surface area contributed by atoms with Crippen LogP contribution in [0.2, 0.25) is 0 Å². The van der Waals surface area contributed by atoms with Gasteiger partial charge in [-0.3, -0.25) is 9.59 Å². The third-order valence-electron chi connectivity index (χ3n) is 4.82. The van der Waals surface area contributed by atoms with Crippen molar-refractivity contribution in [2.24, 2.45) is 0 Å². The van der Waals surface area contributed by atoms with E-state index in [0.29, 0.717) is 16.8 Å². The largest absolute Gasteiger partial charge is 0.339 e. The zero-order chi connectivity index (χ0) is 17.9. The Bertz CT molecular complexity index is 952. The third-order valence-corrected chi connectivity index (χ3v) is 4.82. The fourth-order valence-electron chi connectivity index (χ4n) is 3.42. The van der Waals surface area contributed by atoms with Crippen LogP contribution in [0.5, 0.6) is 0 Å². The molecular formula is C22H20N2O2. The lowest BCUT2D eigenvalue weighted by atomic mass is 10.0. The number of hydrogen-bond donors (Lipinski definition) is 1. The molecule has 26 heavy (non-hydrogen) atoms. The third kappa shape index (κ3) is 3.18. The molecule has 0 spiro atoms. The number of rotatable bonds is 3. The minimum atomic E-state index is -0.152. The van der Waals surface area contributed by atoms with E-state index in [0.717, 1.165) is 36.7 Å². The minimum Gasteiger partial charge on any atom is -0.339 e. The van der Waals surface area contributed by atoms with Crippen LogP contribution >= 0.6 is 0 Å². The number of likely N-dealkylation sites (tertiary alicyclic amines) is 1. The Morgan fingerprint density at radius 2 is 1.50 bits per heavy atom. The molecule has 0 atom stereocenters. The van der Waals surface area contributed by atoms with Crippen molar-refractivity contribution in [3.8, 4) is 0 Å². The van der Waals surface area contributed by atoms with E-state index < -0.39 is 0 Å². The molecule has 1 heterocycles. The second-order valence-corrected chi connectivity index (χ2v) is 6.56. The SMILES string of the molecule is O=C(Nc1ccc(C(=O)N2CCCC2)cc1)c1cccc2ccccc12. The van der Waals surface area contributed by atoms with Crippen molar-refractivity contribution in [2.45, 2.75) is 12.8 Å². The molecule has 0 aromatic heterocycles. The van der Waals surface area contributed by atoms with Crippen molar-refractivity contribution in [3.05, 3.63) is 77.9 Å². The van der Waals surface area contributed by atoms with Crippen LogP contribution in [0, 0.1) is 0 Å². The Morgan fingerprint density at radius 1 is 0.808 bits per heavy atom. The van der Waals surface area contributed by atoms with Gasteiger partial charge in [0, 0.05) is 29.9 Å². The molecule has 3 aromatic rings. The van der Waals surface area contributed by atoms with E-state index in [4.69, 9.17) is 0 Å². The summed E-state index contributed by atoms with van der Waals surface area (Å²) in [6.07, 6.45) is 2.15. The summed E-state index contributed by atoms with van der Waals surface area (Å²) in [6.45, 7) is 1.66. The molecule has 130 valence electrons. The minimum absolute atomic E-state index is 0.0643. The number of amides is 2. The van der Waals surface area contributed by atoms with Gasteiger partial charge in [-0.05, 0) is 53.9 Å². The van der Waals surface area contributed by atoms with Gasteiger partial charge in [-0.1, -0.05) is 36.4 Å². The van der Waals surface area contributed by atoms with Gasteiger partial charge in [0.15, 0.2) is 0 Å². The number of benzene rings is 3. The van der Waals surface area contributed by atoms with E-state index in [9.17, 15) is 9.59 Å². The Labute approximate surface area is 152 Å². The Hall–Kier alpha value is -3.14. The lowest BCUT2D eigenvalue weighted by Crippen LogP contribution is -2.27. The molecule has 0 bridgehead atoms. The highest BCUT2D eigenvalue weighted by molar-refractivity contribution is 6.13. The molecule has 3 aromatic carbocycles. The van der Waals surface area contributed by atoms with Gasteiger partial charge in [-0.15, -0.1) is 0 Å². The van der Waals surface area contributed by atoms with Gasteiger partial charge in [0.05, 0.1) is 0 Å². The van der Waals surface area contributed by atoms with Crippen LogP contribution in [0.15, 0.2) is 66.7 Å². The molecular weight excluding hydrogens is 324 g/mol. The van der Waals surface area contributed by atoms with Crippen LogP contribution in [0.3, 0.4) is 0 Å². The fourth-order valence-corrected chi connectivity index (χ4v) is 3.42. The van der Waals surface area contributed by atoms with E-state index in [2.05, 4.69) is 5.32 Å². The highest BCUT2D eigenvalue weighted by Crippen LogP contribution is 2.20. The van der Waals surface area contributed by atoms with E-state index in [1.807, 2.05) is 47.4 Å². The van der Waals surface area contributed by atoms with Crippen molar-refractivity contribution in [1.29, 1.82) is 0 Å². The second-order valence-electron chi connectivity index (χ2n) is 6.56. The predicted molar refractivity (Wildman–Crippen MR) is 103 cm³/mol. The van der Waals surface area contributed by atoms with Crippen LogP contribution < -0.4 is 5.32 Å². The summed E-state index contributed by atoms with van der Waals surface area (Å²) in [6, 6.07) is 20.6. The van der Waals surface area contributed by atoms with Crippen LogP contribution in [0.1, 0.15) is 33.6 Å². The Balaban J connectivity index is 1.51. The Kier molecular flexibility index (Phi) is 4.40. The van der Waals surface area contributed by atoms with Crippen molar-refractivity contribution in [1.82, 2.24) is 4.90 Å². The number of nitrogens with one attached hydrogen (secondary N) is 1. The first-order chi connectivity index (χ1) is 12.7. The summed E-state index contributed by atoms with van der Waals surface area (Å²) in [7, 11) is 0. The number of fused-ring (bicyclic) bond motifs is 1. The normalized spacial score (nSPS) is 13.8. The molecule has 0 saturated carbocycles. The molecule has 0 radical (unpaired) electrons. The molecule has 4 heteroatoms. The van der Waals surface area contributed by atoms with Crippen LogP contribution in [-0.2, 0) is 0 Å². The van der Waals surface area contributed by atoms with E-state index in [1.165, 1.54) is 0 Å². The van der Waals surface area contributed by atoms with Crippen LogP contribution in [-0.4, -0.2) is 29.8 Å². The first-order valence-electron chi connectivity index (χ1n) is 8.91. The highest BCUT2D eigenvalue weighted by Gasteiger charge is 2.19. The quantitative estimate of drug-likeness (QED) is 0.769. The highest BCUT2D eigenvalue weighted by atomic mass is 16.2. The number of anilines is 1. The van der Waals surface area contributed by atoms with Gasteiger partial charge in [-0.25, -0.2) is 0 Å². The van der Waals surface area contributed by atoms with Gasteiger partial charge in [-0.2, -0.15) is 0 Å². The molecule has 1 saturated heterocycles. The van der Waals surface area contributed by atoms with Gasteiger partial charge >= 0.3 is 0 Å². The molecule has 1 aliphatic rings. The van der Waals surface area contributed by atoms with Gasteiger partial charge in [0.25, 0.3) is 11.8 Å². The Morgan fingerprint density at radius 3 is 2.27 bits per heavy atom. The number of hydrogen-bond acceptors (Lipinski definition) is 2. The summed E-state index contributed by atoms with van der Waals surface area (Å²) in [4.78, 5) is 26.9. The standard InChI is InChI=1S/C22H20N2O2/c25-21(20-9-5-7-16-6-1-2-8-19(16)20)23-18-12-10-17(11-13-18)22(26)24-14-3-4-15-24/h1-2,5-13H,3-4,14-15H2,(H,23,25). The predicted octanol–water partition coefficient (Wildman–Crippen LogP) is 4.33. The van der Waals surface area contributed by atoms with E-state index in [-0.39, 0.29) is 11.8 Å². The number of nitrogens with zero attached hydrogens (tertiary/aromatic N) is 1. The number of carbonyl (C=O) groups excluding carboxylic acids is 2. The maximum Gasteiger partial charge on any atom is 0.256 e. The first-order valence-corrected chi connectivity index (χ1v) is 8.91. The van der Waals surface area contributed by atoms with E-state index in [1.54, 1.807) is 24.3 Å². The topological polar surface area (TPSA) is 49.4 Å². The molecule has 4 rings (SSSR count). The zero-order valence-electron chi connectivity index (χ0n) is 14.4. The van der Waals surface area contributed by atoms with Crippen LogP contribution in [0.4, 0.5) is 5.69 Å². The summed E-state index contributed by atoms with van der Waals surface area (Å²) in [5.74, 6) is -0.0881. The molecule has 4 nitrogen and oxygen atoms in total. The molecule has 1 N–H and O–H groups in total. The monoisotopic (exact) mass is 344 g/mol. The molecule has 0 unspecified atom stereocenters. The number of carbonyl (C=O) groups is 2. The lowest BCUT2D eigenvalue weighted by Gasteiger charge is -2.15. The summed E-state index contributed by atoms with van der Waals surface area (Å²) in [5, 5.41) is 4.88. The van der Waals surface area contributed by atoms with Crippen molar-refractivity contribution in [2.75, 3.05) is 18.4 Å². The lowest BCUT2D eigenvalue weighted by molar-refractivity contribution is 0.0792. The maximum atomic E-state index is 12.7. The van der Waals surface area contributed by atoms with Gasteiger partial charge in [0.1, 0.15) is 0 Å². The smallest absolute Gasteiger partial charge is 0.256 e. The molecule has 1 aliphatic heterocycles. The first kappa shape index (κ1) is 16.3. The van der Waals surface area contributed by atoms with Crippen molar-refractivity contribution in [3.63, 3.8) is 0 Å². The van der Waals surface area contributed by atoms with Crippen molar-refractivity contribution >= 4 is 28.3 Å².